The van der Waals surface area contributed by atoms with Crippen molar-refractivity contribution in [2.75, 3.05) is 13.6 Å². The lowest BCUT2D eigenvalue weighted by Gasteiger charge is -2.33. The Morgan fingerprint density at radius 2 is 2.14 bits per heavy atom. The van der Waals surface area contributed by atoms with Gasteiger partial charge in [-0.1, -0.05) is 0 Å². The van der Waals surface area contributed by atoms with Crippen LogP contribution < -0.4 is 5.32 Å². The molecule has 3 rings (SSSR count). The molecule has 3 heterocycles. The summed E-state index contributed by atoms with van der Waals surface area (Å²) in [5.41, 5.74) is 2.39. The zero-order valence-corrected chi connectivity index (χ0v) is 12.1. The van der Waals surface area contributed by atoms with Crippen molar-refractivity contribution < 1.29 is 4.79 Å². The summed E-state index contributed by atoms with van der Waals surface area (Å²) in [7, 11) is 1.67. The van der Waals surface area contributed by atoms with Gasteiger partial charge in [-0.15, -0.1) is 0 Å². The Bertz CT molecular complexity index is 610. The first kappa shape index (κ1) is 13.8. The molecule has 1 aliphatic heterocycles. The number of nitrogens with zero attached hydrogens (tertiary/aromatic N) is 4. The van der Waals surface area contributed by atoms with Crippen LogP contribution in [0.3, 0.4) is 0 Å². The number of carbonyl (C=O) groups is 1. The fourth-order valence-electron chi connectivity index (χ4n) is 2.80. The second-order valence-electron chi connectivity index (χ2n) is 5.32. The first-order chi connectivity index (χ1) is 10.3. The highest BCUT2D eigenvalue weighted by Gasteiger charge is 2.27. The van der Waals surface area contributed by atoms with Gasteiger partial charge in [0.2, 0.25) is 5.91 Å². The molecule has 6 heteroatoms. The summed E-state index contributed by atoms with van der Waals surface area (Å²) < 4.78 is 1.98. The topological polar surface area (TPSA) is 63.1 Å². The van der Waals surface area contributed by atoms with E-state index >= 15 is 0 Å². The Morgan fingerprint density at radius 3 is 2.90 bits per heavy atom. The average molecular weight is 285 g/mol. The van der Waals surface area contributed by atoms with Gasteiger partial charge < -0.3 is 5.32 Å². The number of carbonyl (C=O) groups excluding carboxylic acids is 1. The van der Waals surface area contributed by atoms with Gasteiger partial charge >= 0.3 is 0 Å². The Hall–Kier alpha value is -2.21. The molecule has 0 aliphatic carbocycles. The zero-order valence-electron chi connectivity index (χ0n) is 12.1. The molecule has 1 N–H and O–H groups in total. The smallest absolute Gasteiger partial charge is 0.221 e. The fourth-order valence-corrected chi connectivity index (χ4v) is 2.80. The van der Waals surface area contributed by atoms with E-state index in [4.69, 9.17) is 0 Å². The summed E-state index contributed by atoms with van der Waals surface area (Å²) in [4.78, 5) is 18.1. The van der Waals surface area contributed by atoms with E-state index in [1.54, 1.807) is 7.05 Å². The molecule has 0 aromatic carbocycles. The van der Waals surface area contributed by atoms with Crippen LogP contribution >= 0.6 is 0 Å². The van der Waals surface area contributed by atoms with E-state index in [2.05, 4.69) is 20.3 Å². The van der Waals surface area contributed by atoms with Crippen molar-refractivity contribution in [3.63, 3.8) is 0 Å². The second kappa shape index (κ2) is 6.05. The molecule has 0 spiro atoms. The predicted molar refractivity (Wildman–Crippen MR) is 78.3 cm³/mol. The van der Waals surface area contributed by atoms with Gasteiger partial charge in [0.15, 0.2) is 0 Å². The molecule has 0 saturated carbocycles. The number of rotatable bonds is 4. The van der Waals surface area contributed by atoms with Gasteiger partial charge in [0, 0.05) is 45.3 Å². The largest absolute Gasteiger partial charge is 0.359 e. The number of hydrogen-bond donors (Lipinski definition) is 1. The maximum absolute atomic E-state index is 11.7. The third kappa shape index (κ3) is 3.11. The molecule has 2 aromatic rings. The molecule has 0 bridgehead atoms. The van der Waals surface area contributed by atoms with Crippen LogP contribution in [0.4, 0.5) is 0 Å². The monoisotopic (exact) mass is 285 g/mol. The molecule has 1 aliphatic rings. The molecule has 0 radical (unpaired) electrons. The highest BCUT2D eigenvalue weighted by atomic mass is 16.1. The normalized spacial score (nSPS) is 18.2. The van der Waals surface area contributed by atoms with Crippen molar-refractivity contribution in [3.8, 4) is 0 Å². The highest BCUT2D eigenvalue weighted by molar-refractivity contribution is 5.76. The number of pyridine rings is 1. The third-order valence-corrected chi connectivity index (χ3v) is 3.81. The van der Waals surface area contributed by atoms with E-state index in [-0.39, 0.29) is 11.9 Å². The van der Waals surface area contributed by atoms with E-state index in [1.807, 2.05) is 41.5 Å². The van der Waals surface area contributed by atoms with Crippen LogP contribution in [0.15, 0.2) is 36.8 Å². The lowest BCUT2D eigenvalue weighted by molar-refractivity contribution is -0.121. The minimum atomic E-state index is 0.0483. The van der Waals surface area contributed by atoms with Gasteiger partial charge in [-0.3, -0.25) is 19.4 Å². The maximum Gasteiger partial charge on any atom is 0.221 e. The third-order valence-electron chi connectivity index (χ3n) is 3.81. The zero-order chi connectivity index (χ0) is 14.7. The molecule has 0 fully saturated rings. The Labute approximate surface area is 123 Å². The van der Waals surface area contributed by atoms with Crippen LogP contribution in [0.5, 0.6) is 0 Å². The molecular weight excluding hydrogens is 266 g/mol. The summed E-state index contributed by atoms with van der Waals surface area (Å²) in [6.07, 6.45) is 5.89. The molecule has 110 valence electrons. The number of hydrogen-bond acceptors (Lipinski definition) is 4. The molecule has 1 amide bonds. The van der Waals surface area contributed by atoms with Crippen molar-refractivity contribution >= 4 is 5.91 Å². The molecular formula is C15H19N5O. The van der Waals surface area contributed by atoms with Crippen LogP contribution in [0, 0.1) is 0 Å². The fraction of sp³-hybridized carbons (Fsp3) is 0.400. The lowest BCUT2D eigenvalue weighted by Crippen LogP contribution is -2.39. The van der Waals surface area contributed by atoms with Crippen molar-refractivity contribution in [2.45, 2.75) is 25.6 Å². The van der Waals surface area contributed by atoms with Crippen LogP contribution in [0.1, 0.15) is 23.7 Å². The summed E-state index contributed by atoms with van der Waals surface area (Å²) in [5.74, 6) is 0.0483. The molecule has 6 nitrogen and oxygen atoms in total. The standard InChI is InChI=1S/C15H19N5O/c1-16-15(21)8-14-11-19(9-12-2-5-17-6-3-12)10-13-4-7-18-20(13)14/h2-7,14H,8-11H2,1H3,(H,16,21)/t14-/m0/s1. The first-order valence-electron chi connectivity index (χ1n) is 7.10. The Morgan fingerprint density at radius 1 is 1.33 bits per heavy atom. The average Bonchev–Trinajstić information content (AvgIpc) is 2.97. The molecule has 21 heavy (non-hydrogen) atoms. The van der Waals surface area contributed by atoms with Crippen molar-refractivity contribution in [1.29, 1.82) is 0 Å². The Kier molecular flexibility index (Phi) is 3.96. The summed E-state index contributed by atoms with van der Waals surface area (Å²) in [6.45, 7) is 2.54. The van der Waals surface area contributed by atoms with Crippen LogP contribution in [-0.2, 0) is 17.9 Å². The van der Waals surface area contributed by atoms with Crippen LogP contribution in [-0.4, -0.2) is 39.2 Å². The second-order valence-corrected chi connectivity index (χ2v) is 5.32. The van der Waals surface area contributed by atoms with E-state index < -0.39 is 0 Å². The van der Waals surface area contributed by atoms with Gasteiger partial charge in [0.05, 0.1) is 18.2 Å². The highest BCUT2D eigenvalue weighted by Crippen LogP contribution is 2.24. The van der Waals surface area contributed by atoms with E-state index in [0.29, 0.717) is 6.42 Å². The number of nitrogens with one attached hydrogen (secondary N) is 1. The number of amides is 1. The lowest BCUT2D eigenvalue weighted by atomic mass is 10.1. The van der Waals surface area contributed by atoms with Crippen molar-refractivity contribution in [2.24, 2.45) is 0 Å². The number of fused-ring (bicyclic) bond motifs is 1. The van der Waals surface area contributed by atoms with E-state index in [0.717, 1.165) is 25.3 Å². The number of aromatic nitrogens is 3. The minimum absolute atomic E-state index is 0.0483. The molecule has 1 atom stereocenters. The maximum atomic E-state index is 11.7. The minimum Gasteiger partial charge on any atom is -0.359 e. The van der Waals surface area contributed by atoms with Crippen molar-refractivity contribution in [3.05, 3.63) is 48.0 Å². The van der Waals surface area contributed by atoms with Crippen LogP contribution in [0.2, 0.25) is 0 Å². The Balaban J connectivity index is 1.75. The van der Waals surface area contributed by atoms with E-state index in [9.17, 15) is 4.79 Å². The van der Waals surface area contributed by atoms with Crippen LogP contribution in [0.25, 0.3) is 0 Å². The van der Waals surface area contributed by atoms with Gasteiger partial charge in [-0.25, -0.2) is 0 Å². The summed E-state index contributed by atoms with van der Waals surface area (Å²) >= 11 is 0. The quantitative estimate of drug-likeness (QED) is 0.909. The molecule has 0 saturated heterocycles. The predicted octanol–water partition coefficient (Wildman–Crippen LogP) is 0.971. The van der Waals surface area contributed by atoms with Crippen molar-refractivity contribution in [1.82, 2.24) is 25.0 Å². The van der Waals surface area contributed by atoms with Gasteiger partial charge in [0.1, 0.15) is 0 Å². The summed E-state index contributed by atoms with van der Waals surface area (Å²) in [6, 6.07) is 6.17. The van der Waals surface area contributed by atoms with E-state index in [1.165, 1.54) is 5.56 Å². The molecule has 2 aromatic heterocycles. The first-order valence-corrected chi connectivity index (χ1v) is 7.10. The van der Waals surface area contributed by atoms with Gasteiger partial charge in [-0.2, -0.15) is 5.10 Å². The van der Waals surface area contributed by atoms with Gasteiger partial charge in [0.25, 0.3) is 0 Å². The SMILES string of the molecule is CNC(=O)C[C@H]1CN(Cc2ccncc2)Cc2ccnn21. The van der Waals surface area contributed by atoms with Gasteiger partial charge in [-0.05, 0) is 23.8 Å². The summed E-state index contributed by atoms with van der Waals surface area (Å²) in [5, 5.41) is 7.06. The molecule has 0 unspecified atom stereocenters.